The van der Waals surface area contributed by atoms with Gasteiger partial charge in [0.15, 0.2) is 4.34 Å². The molecule has 2 heterocycles. The summed E-state index contributed by atoms with van der Waals surface area (Å²) < 4.78 is 26.9. The predicted molar refractivity (Wildman–Crippen MR) is 133 cm³/mol. The average Bonchev–Trinajstić information content (AvgIpc) is 3.31. The van der Waals surface area contributed by atoms with Gasteiger partial charge in [-0.1, -0.05) is 23.9 Å². The standard InChI is InChI=1S/C22H21N5O3S3/c1-14-11-16(15(2)27(14)17-7-9-18(10-8-17)33(23,29)30)12-24-26-21(28)13-31-22-25-19-5-3-4-6-20(19)32-22/h3-12H,13H2,1-2H3,(H,26,28)(H2,23,29,30)/b24-12+. The second-order valence-electron chi connectivity index (χ2n) is 7.23. The van der Waals surface area contributed by atoms with E-state index in [0.717, 1.165) is 37.2 Å². The number of thiazole rings is 1. The third kappa shape index (κ3) is 5.33. The highest BCUT2D eigenvalue weighted by Gasteiger charge is 2.12. The topological polar surface area (TPSA) is 119 Å². The number of hydrogen-bond donors (Lipinski definition) is 2. The van der Waals surface area contributed by atoms with Crippen LogP contribution in [0.15, 0.2) is 68.9 Å². The Hall–Kier alpha value is -2.99. The summed E-state index contributed by atoms with van der Waals surface area (Å²) in [5, 5.41) is 9.26. The maximum absolute atomic E-state index is 12.2. The molecular formula is C22H21N5O3S3. The first-order chi connectivity index (χ1) is 15.7. The molecule has 2 aromatic heterocycles. The average molecular weight is 500 g/mol. The van der Waals surface area contributed by atoms with Gasteiger partial charge in [-0.25, -0.2) is 24.0 Å². The first kappa shape index (κ1) is 23.2. The monoisotopic (exact) mass is 499 g/mol. The summed E-state index contributed by atoms with van der Waals surface area (Å²) in [6.45, 7) is 3.86. The molecular weight excluding hydrogens is 478 g/mol. The number of sulfonamides is 1. The summed E-state index contributed by atoms with van der Waals surface area (Å²) in [5.41, 5.74) is 6.96. The van der Waals surface area contributed by atoms with E-state index >= 15 is 0 Å². The molecule has 2 aromatic carbocycles. The zero-order valence-corrected chi connectivity index (χ0v) is 20.3. The third-order valence-electron chi connectivity index (χ3n) is 4.89. The van der Waals surface area contributed by atoms with Crippen LogP contribution < -0.4 is 10.6 Å². The number of hydrazone groups is 1. The number of carbonyl (C=O) groups excluding carboxylic acids is 1. The van der Waals surface area contributed by atoms with Gasteiger partial charge < -0.3 is 4.57 Å². The van der Waals surface area contributed by atoms with E-state index in [1.807, 2.05) is 48.7 Å². The lowest BCUT2D eigenvalue weighted by Crippen LogP contribution is -2.19. The van der Waals surface area contributed by atoms with E-state index < -0.39 is 10.0 Å². The van der Waals surface area contributed by atoms with Crippen LogP contribution in [0.25, 0.3) is 15.9 Å². The Morgan fingerprint density at radius 3 is 2.64 bits per heavy atom. The Labute approximate surface area is 199 Å². The molecule has 0 unspecified atom stereocenters. The number of rotatable bonds is 7. The molecule has 0 atom stereocenters. The van der Waals surface area contributed by atoms with Crippen LogP contribution in [0.3, 0.4) is 0 Å². The van der Waals surface area contributed by atoms with Crippen molar-refractivity contribution < 1.29 is 13.2 Å². The highest BCUT2D eigenvalue weighted by Crippen LogP contribution is 2.29. The van der Waals surface area contributed by atoms with Gasteiger partial charge in [-0.2, -0.15) is 5.10 Å². The number of aryl methyl sites for hydroxylation is 1. The minimum absolute atomic E-state index is 0.0573. The Morgan fingerprint density at radius 1 is 1.21 bits per heavy atom. The lowest BCUT2D eigenvalue weighted by molar-refractivity contribution is -0.118. The Bertz CT molecular complexity index is 1420. The number of fused-ring (bicyclic) bond motifs is 1. The summed E-state index contributed by atoms with van der Waals surface area (Å²) in [6, 6.07) is 16.1. The van der Waals surface area contributed by atoms with Gasteiger partial charge in [0.05, 0.1) is 27.1 Å². The maximum Gasteiger partial charge on any atom is 0.250 e. The van der Waals surface area contributed by atoms with Crippen molar-refractivity contribution >= 4 is 55.5 Å². The number of hydrogen-bond acceptors (Lipinski definition) is 7. The molecule has 8 nitrogen and oxygen atoms in total. The van der Waals surface area contributed by atoms with Crippen molar-refractivity contribution in [1.29, 1.82) is 0 Å². The van der Waals surface area contributed by atoms with Gasteiger partial charge in [0.1, 0.15) is 0 Å². The molecule has 0 spiro atoms. The van der Waals surface area contributed by atoms with Crippen molar-refractivity contribution in [3.05, 3.63) is 71.5 Å². The SMILES string of the molecule is Cc1cc(/C=N/NC(=O)CSc2nc3ccccc3s2)c(C)n1-c1ccc(S(N)(=O)=O)cc1. The molecule has 0 saturated heterocycles. The highest BCUT2D eigenvalue weighted by molar-refractivity contribution is 8.01. The van der Waals surface area contributed by atoms with Gasteiger partial charge >= 0.3 is 0 Å². The number of amides is 1. The van der Waals surface area contributed by atoms with E-state index in [-0.39, 0.29) is 16.6 Å². The molecule has 11 heteroatoms. The minimum atomic E-state index is -3.74. The van der Waals surface area contributed by atoms with Gasteiger partial charge in [-0.15, -0.1) is 11.3 Å². The van der Waals surface area contributed by atoms with E-state index in [0.29, 0.717) is 0 Å². The number of primary sulfonamides is 1. The van der Waals surface area contributed by atoms with Crippen LogP contribution in [0, 0.1) is 13.8 Å². The van der Waals surface area contributed by atoms with E-state index in [1.165, 1.54) is 23.9 Å². The van der Waals surface area contributed by atoms with Gasteiger partial charge in [-0.05, 0) is 56.3 Å². The van der Waals surface area contributed by atoms with Crippen LogP contribution >= 0.6 is 23.1 Å². The predicted octanol–water partition coefficient (Wildman–Crippen LogP) is 3.59. The van der Waals surface area contributed by atoms with Crippen LogP contribution in [0.1, 0.15) is 17.0 Å². The van der Waals surface area contributed by atoms with Gasteiger partial charge in [0.25, 0.3) is 5.91 Å². The van der Waals surface area contributed by atoms with Crippen molar-refractivity contribution in [3.63, 3.8) is 0 Å². The fourth-order valence-corrected chi connectivity index (χ4v) is 5.72. The van der Waals surface area contributed by atoms with Crippen LogP contribution in [-0.2, 0) is 14.8 Å². The normalized spacial score (nSPS) is 12.0. The molecule has 1 amide bonds. The number of para-hydroxylation sites is 1. The van der Waals surface area contributed by atoms with Crippen molar-refractivity contribution in [1.82, 2.24) is 15.0 Å². The van der Waals surface area contributed by atoms with E-state index in [1.54, 1.807) is 29.7 Å². The quantitative estimate of drug-likeness (QED) is 0.229. The molecule has 0 aliphatic heterocycles. The number of aromatic nitrogens is 2. The van der Waals surface area contributed by atoms with E-state index in [4.69, 9.17) is 5.14 Å². The van der Waals surface area contributed by atoms with Crippen LogP contribution in [0.2, 0.25) is 0 Å². The van der Waals surface area contributed by atoms with Gasteiger partial charge in [0, 0.05) is 22.6 Å². The molecule has 170 valence electrons. The van der Waals surface area contributed by atoms with Crippen LogP contribution in [0.5, 0.6) is 0 Å². The smallest absolute Gasteiger partial charge is 0.250 e. The molecule has 4 aromatic rings. The van der Waals surface area contributed by atoms with E-state index in [2.05, 4.69) is 15.5 Å². The molecule has 33 heavy (non-hydrogen) atoms. The Balaban J connectivity index is 1.39. The van der Waals surface area contributed by atoms with Gasteiger partial charge in [0.2, 0.25) is 10.0 Å². The molecule has 0 saturated carbocycles. The number of nitrogens with zero attached hydrogens (tertiary/aromatic N) is 3. The van der Waals surface area contributed by atoms with Crippen LogP contribution in [-0.4, -0.2) is 35.8 Å². The molecule has 3 N–H and O–H groups in total. The van der Waals surface area contributed by atoms with Crippen molar-refractivity contribution in [2.45, 2.75) is 23.1 Å². The first-order valence-corrected chi connectivity index (χ1v) is 13.2. The summed E-state index contributed by atoms with van der Waals surface area (Å²) in [4.78, 5) is 16.7. The van der Waals surface area contributed by atoms with Crippen molar-refractivity contribution in [2.24, 2.45) is 10.2 Å². The number of thioether (sulfide) groups is 1. The number of nitrogens with two attached hydrogens (primary N) is 1. The molecule has 0 aliphatic rings. The third-order valence-corrected chi connectivity index (χ3v) is 8.00. The van der Waals surface area contributed by atoms with Crippen molar-refractivity contribution in [3.8, 4) is 5.69 Å². The summed E-state index contributed by atoms with van der Waals surface area (Å²) in [7, 11) is -3.74. The zero-order chi connectivity index (χ0) is 23.6. The van der Waals surface area contributed by atoms with Crippen LogP contribution in [0.4, 0.5) is 0 Å². The Morgan fingerprint density at radius 2 is 1.94 bits per heavy atom. The Kier molecular flexibility index (Phi) is 6.66. The lowest BCUT2D eigenvalue weighted by Gasteiger charge is -2.10. The molecule has 0 fully saturated rings. The number of nitrogens with one attached hydrogen (secondary N) is 1. The largest absolute Gasteiger partial charge is 0.318 e. The number of benzene rings is 2. The maximum atomic E-state index is 12.2. The van der Waals surface area contributed by atoms with Gasteiger partial charge in [-0.3, -0.25) is 4.79 Å². The highest BCUT2D eigenvalue weighted by atomic mass is 32.2. The molecule has 0 bridgehead atoms. The minimum Gasteiger partial charge on any atom is -0.318 e. The second-order valence-corrected chi connectivity index (χ2v) is 11.0. The summed E-state index contributed by atoms with van der Waals surface area (Å²) >= 11 is 2.93. The second kappa shape index (κ2) is 9.48. The zero-order valence-electron chi connectivity index (χ0n) is 17.8. The fraction of sp³-hybridized carbons (Fsp3) is 0.136. The molecule has 0 radical (unpaired) electrons. The first-order valence-electron chi connectivity index (χ1n) is 9.85. The molecule has 0 aliphatic carbocycles. The summed E-state index contributed by atoms with van der Waals surface area (Å²) in [5.74, 6) is -0.00468. The van der Waals surface area contributed by atoms with Crippen molar-refractivity contribution in [2.75, 3.05) is 5.75 Å². The lowest BCUT2D eigenvalue weighted by atomic mass is 10.2. The number of carbonyl (C=O) groups is 1. The molecule has 4 rings (SSSR count). The van der Waals surface area contributed by atoms with E-state index in [9.17, 15) is 13.2 Å². The fourth-order valence-electron chi connectivity index (χ4n) is 3.35. The summed E-state index contributed by atoms with van der Waals surface area (Å²) in [6.07, 6.45) is 1.60.